The Bertz CT molecular complexity index is 1240. The third kappa shape index (κ3) is 10.0. The highest BCUT2D eigenvalue weighted by atomic mass is 19.4. The number of esters is 2. The number of alkyl halides is 3. The van der Waals surface area contributed by atoms with Crippen molar-refractivity contribution in [2.75, 3.05) is 17.2 Å². The van der Waals surface area contributed by atoms with Crippen molar-refractivity contribution >= 4 is 35.2 Å². The first-order valence-electron chi connectivity index (χ1n) is 12.1. The summed E-state index contributed by atoms with van der Waals surface area (Å²) in [7, 11) is 0. The maximum absolute atomic E-state index is 12.7. The van der Waals surface area contributed by atoms with E-state index in [1.807, 2.05) is 0 Å². The Morgan fingerprint density at radius 1 is 0.675 bits per heavy atom. The van der Waals surface area contributed by atoms with Crippen LogP contribution >= 0.6 is 0 Å². The van der Waals surface area contributed by atoms with Gasteiger partial charge in [0.15, 0.2) is 6.61 Å². The van der Waals surface area contributed by atoms with Gasteiger partial charge in [0.2, 0.25) is 11.9 Å². The van der Waals surface area contributed by atoms with Crippen molar-refractivity contribution in [1.29, 1.82) is 0 Å². The van der Waals surface area contributed by atoms with Crippen molar-refractivity contribution in [3.8, 4) is 6.01 Å². The fourth-order valence-corrected chi connectivity index (χ4v) is 2.99. The third-order valence-corrected chi connectivity index (χ3v) is 4.53. The summed E-state index contributed by atoms with van der Waals surface area (Å²) in [6.45, 7) is 8.90. The molecule has 0 unspecified atom stereocenters. The quantitative estimate of drug-likeness (QED) is 0.307. The SMILES string of the molecule is CC(C)(C)OC(=O)c1ccc(Nc2nc(Nc3ccc(C(=O)OC(C)(C)C)cc3)nc(OCC(F)(F)F)n2)cc1. The van der Waals surface area contributed by atoms with Crippen molar-refractivity contribution in [2.24, 2.45) is 0 Å². The van der Waals surface area contributed by atoms with Crippen LogP contribution in [-0.4, -0.2) is 50.9 Å². The van der Waals surface area contributed by atoms with Crippen LogP contribution in [0, 0.1) is 0 Å². The number of carbonyl (C=O) groups is 2. The van der Waals surface area contributed by atoms with E-state index in [1.54, 1.807) is 65.8 Å². The molecule has 13 heteroatoms. The second-order valence-corrected chi connectivity index (χ2v) is 10.6. The molecule has 2 N–H and O–H groups in total. The van der Waals surface area contributed by atoms with E-state index in [4.69, 9.17) is 14.2 Å². The molecule has 0 spiro atoms. The molecule has 0 aliphatic carbocycles. The first-order chi connectivity index (χ1) is 18.5. The van der Waals surface area contributed by atoms with E-state index >= 15 is 0 Å². The number of rotatable bonds is 8. The fraction of sp³-hybridized carbons (Fsp3) is 0.370. The summed E-state index contributed by atoms with van der Waals surface area (Å²) < 4.78 is 53.6. The molecule has 0 radical (unpaired) electrons. The van der Waals surface area contributed by atoms with Gasteiger partial charge < -0.3 is 24.8 Å². The topological polar surface area (TPSA) is 125 Å². The lowest BCUT2D eigenvalue weighted by Crippen LogP contribution is -2.23. The van der Waals surface area contributed by atoms with Gasteiger partial charge in [0, 0.05) is 11.4 Å². The number of anilines is 4. The van der Waals surface area contributed by atoms with E-state index in [0.29, 0.717) is 22.5 Å². The van der Waals surface area contributed by atoms with Crippen molar-refractivity contribution in [1.82, 2.24) is 15.0 Å². The van der Waals surface area contributed by atoms with Crippen LogP contribution in [0.4, 0.5) is 36.4 Å². The summed E-state index contributed by atoms with van der Waals surface area (Å²) in [6, 6.07) is 11.7. The van der Waals surface area contributed by atoms with Gasteiger partial charge in [-0.15, -0.1) is 0 Å². The second kappa shape index (κ2) is 11.8. The predicted molar refractivity (Wildman–Crippen MR) is 141 cm³/mol. The molecule has 10 nitrogen and oxygen atoms in total. The molecular formula is C27H30F3N5O5. The van der Waals surface area contributed by atoms with Crippen LogP contribution in [0.1, 0.15) is 62.3 Å². The number of carbonyl (C=O) groups excluding carboxylic acids is 2. The van der Waals surface area contributed by atoms with Crippen molar-refractivity contribution < 1.29 is 37.0 Å². The molecular weight excluding hydrogens is 531 g/mol. The molecule has 0 fully saturated rings. The van der Waals surface area contributed by atoms with Gasteiger partial charge in [-0.1, -0.05) is 0 Å². The fourth-order valence-electron chi connectivity index (χ4n) is 2.99. The number of benzene rings is 2. The van der Waals surface area contributed by atoms with Gasteiger partial charge in [0.1, 0.15) is 11.2 Å². The average molecular weight is 562 g/mol. The Morgan fingerprint density at radius 2 is 1.05 bits per heavy atom. The Morgan fingerprint density at radius 3 is 1.38 bits per heavy atom. The molecule has 0 aliphatic heterocycles. The Kier molecular flexibility index (Phi) is 8.86. The summed E-state index contributed by atoms with van der Waals surface area (Å²) in [5.41, 5.74) is 0.168. The first kappa shape index (κ1) is 30.1. The monoisotopic (exact) mass is 561 g/mol. The Labute approximate surface area is 229 Å². The summed E-state index contributed by atoms with van der Waals surface area (Å²) in [5.74, 6) is -1.26. The standard InChI is InChI=1S/C27H30F3N5O5/c1-25(2,3)39-20(36)16-7-11-18(12-8-16)31-22-33-23(35-24(34-22)38-15-27(28,29)30)32-19-13-9-17(10-14-19)21(37)40-26(4,5)6/h7-14H,15H2,1-6H3,(H2,31,32,33,34,35). The smallest absolute Gasteiger partial charge is 0.422 e. The summed E-state index contributed by atoms with van der Waals surface area (Å²) in [4.78, 5) is 36.5. The van der Waals surface area contributed by atoms with Gasteiger partial charge in [0.25, 0.3) is 0 Å². The highest BCUT2D eigenvalue weighted by Gasteiger charge is 2.29. The van der Waals surface area contributed by atoms with Crippen LogP contribution in [0.3, 0.4) is 0 Å². The van der Waals surface area contributed by atoms with E-state index in [-0.39, 0.29) is 11.9 Å². The largest absolute Gasteiger partial charge is 0.456 e. The summed E-state index contributed by atoms with van der Waals surface area (Å²) in [6.07, 6.45) is -4.61. The highest BCUT2D eigenvalue weighted by molar-refractivity contribution is 5.90. The normalized spacial score (nSPS) is 11.9. The molecule has 0 amide bonds. The lowest BCUT2D eigenvalue weighted by molar-refractivity contribution is -0.154. The van der Waals surface area contributed by atoms with Gasteiger partial charge in [0.05, 0.1) is 11.1 Å². The van der Waals surface area contributed by atoms with Crippen LogP contribution in [0.5, 0.6) is 6.01 Å². The molecule has 3 aromatic rings. The molecule has 3 rings (SSSR count). The number of nitrogens with zero attached hydrogens (tertiary/aromatic N) is 3. The molecule has 1 aromatic heterocycles. The maximum Gasteiger partial charge on any atom is 0.422 e. The molecule has 0 saturated carbocycles. The second-order valence-electron chi connectivity index (χ2n) is 10.6. The Hall–Kier alpha value is -4.42. The molecule has 0 atom stereocenters. The minimum atomic E-state index is -4.61. The summed E-state index contributed by atoms with van der Waals surface area (Å²) in [5, 5.41) is 5.70. The van der Waals surface area contributed by atoms with Crippen LogP contribution in [0.15, 0.2) is 48.5 Å². The number of aromatic nitrogens is 3. The number of nitrogens with one attached hydrogen (secondary N) is 2. The lowest BCUT2D eigenvalue weighted by Gasteiger charge is -2.19. The predicted octanol–water partition coefficient (Wildman–Crippen LogP) is 6.21. The number of hydrogen-bond donors (Lipinski definition) is 2. The number of hydrogen-bond acceptors (Lipinski definition) is 10. The minimum absolute atomic E-state index is 0.120. The number of halogens is 3. The molecule has 0 saturated heterocycles. The summed E-state index contributed by atoms with van der Waals surface area (Å²) >= 11 is 0. The van der Waals surface area contributed by atoms with Crippen LogP contribution < -0.4 is 15.4 Å². The van der Waals surface area contributed by atoms with E-state index in [2.05, 4.69) is 25.6 Å². The van der Waals surface area contributed by atoms with Gasteiger partial charge >= 0.3 is 24.1 Å². The highest BCUT2D eigenvalue weighted by Crippen LogP contribution is 2.23. The van der Waals surface area contributed by atoms with Gasteiger partial charge in [-0.3, -0.25) is 0 Å². The molecule has 1 heterocycles. The lowest BCUT2D eigenvalue weighted by atomic mass is 10.1. The number of ether oxygens (including phenoxy) is 3. The zero-order chi connectivity index (χ0) is 29.7. The minimum Gasteiger partial charge on any atom is -0.456 e. The van der Waals surface area contributed by atoms with Gasteiger partial charge in [-0.2, -0.15) is 28.1 Å². The van der Waals surface area contributed by atoms with Crippen molar-refractivity contribution in [3.63, 3.8) is 0 Å². The van der Waals surface area contributed by atoms with Gasteiger partial charge in [-0.05, 0) is 90.1 Å². The van der Waals surface area contributed by atoms with Gasteiger partial charge in [-0.25, -0.2) is 9.59 Å². The maximum atomic E-state index is 12.7. The molecule has 40 heavy (non-hydrogen) atoms. The zero-order valence-corrected chi connectivity index (χ0v) is 22.8. The van der Waals surface area contributed by atoms with Crippen LogP contribution in [-0.2, 0) is 9.47 Å². The Balaban J connectivity index is 1.80. The van der Waals surface area contributed by atoms with Crippen molar-refractivity contribution in [2.45, 2.75) is 58.9 Å². The van der Waals surface area contributed by atoms with Crippen molar-refractivity contribution in [3.05, 3.63) is 59.7 Å². The van der Waals surface area contributed by atoms with Crippen LogP contribution in [0.2, 0.25) is 0 Å². The van der Waals surface area contributed by atoms with E-state index in [0.717, 1.165) is 0 Å². The van der Waals surface area contributed by atoms with Crippen LogP contribution in [0.25, 0.3) is 0 Å². The van der Waals surface area contributed by atoms with E-state index < -0.39 is 41.9 Å². The van der Waals surface area contributed by atoms with E-state index in [9.17, 15) is 22.8 Å². The molecule has 0 aliphatic rings. The molecule has 2 aromatic carbocycles. The zero-order valence-electron chi connectivity index (χ0n) is 22.8. The molecule has 214 valence electrons. The third-order valence-electron chi connectivity index (χ3n) is 4.53. The average Bonchev–Trinajstić information content (AvgIpc) is 2.81. The molecule has 0 bridgehead atoms. The van der Waals surface area contributed by atoms with E-state index in [1.165, 1.54) is 24.3 Å². The first-order valence-corrected chi connectivity index (χ1v) is 12.1.